The Hall–Kier alpha value is -2.85. The Morgan fingerprint density at radius 3 is 2.77 bits per heavy atom. The van der Waals surface area contributed by atoms with Gasteiger partial charge in [0.2, 0.25) is 0 Å². The van der Waals surface area contributed by atoms with Crippen LogP contribution >= 0.6 is 11.8 Å². The number of sulfonamides is 1. The molecule has 0 spiro atoms. The number of carbonyl (C=O) groups excluding carboxylic acids is 2. The van der Waals surface area contributed by atoms with Gasteiger partial charge in [0.15, 0.2) is 11.3 Å². The summed E-state index contributed by atoms with van der Waals surface area (Å²) in [5, 5.41) is 3.16. The Kier molecular flexibility index (Phi) is 6.01. The summed E-state index contributed by atoms with van der Waals surface area (Å²) in [7, 11) is -3.44. The standard InChI is InChI=1S/C21H21N3O5S2/c1-14(19(25)22-10-9-15-5-3-2-4-6-15)29-20(26)16-7-8-17-18(13-16)30-21-23-31(27,28)12-11-24(17)21/h2-8,13-14H,9-12H2,1H3,(H,22,25). The van der Waals surface area contributed by atoms with Gasteiger partial charge in [0, 0.05) is 18.0 Å². The predicted octanol–water partition coefficient (Wildman–Crippen LogP) is 2.20. The smallest absolute Gasteiger partial charge is 0.338 e. The lowest BCUT2D eigenvalue weighted by Gasteiger charge is -2.22. The molecule has 1 N–H and O–H groups in total. The van der Waals surface area contributed by atoms with Crippen LogP contribution in [0.5, 0.6) is 0 Å². The van der Waals surface area contributed by atoms with E-state index in [0.29, 0.717) is 30.2 Å². The van der Waals surface area contributed by atoms with Crippen molar-refractivity contribution in [3.63, 3.8) is 0 Å². The van der Waals surface area contributed by atoms with Crippen molar-refractivity contribution in [2.45, 2.75) is 24.3 Å². The minimum atomic E-state index is -3.44. The largest absolute Gasteiger partial charge is 0.449 e. The summed E-state index contributed by atoms with van der Waals surface area (Å²) in [6.07, 6.45) is -0.254. The molecule has 2 aliphatic rings. The third kappa shape index (κ3) is 4.91. The highest BCUT2D eigenvalue weighted by molar-refractivity contribution is 8.15. The number of fused-ring (bicyclic) bond motifs is 3. The summed E-state index contributed by atoms with van der Waals surface area (Å²) in [6.45, 7) is 2.30. The van der Waals surface area contributed by atoms with Gasteiger partial charge >= 0.3 is 5.97 Å². The molecule has 0 saturated heterocycles. The fourth-order valence-electron chi connectivity index (χ4n) is 3.26. The predicted molar refractivity (Wildman–Crippen MR) is 119 cm³/mol. The SMILES string of the molecule is CC(OC(=O)c1ccc2c(c1)SC1=NS(=O)(=O)CCN12)C(=O)NCCc1ccccc1. The molecule has 10 heteroatoms. The molecule has 0 bridgehead atoms. The molecule has 0 aliphatic carbocycles. The zero-order valence-corrected chi connectivity index (χ0v) is 18.4. The summed E-state index contributed by atoms with van der Waals surface area (Å²) in [5.74, 6) is -1.03. The molecule has 8 nitrogen and oxygen atoms in total. The van der Waals surface area contributed by atoms with Gasteiger partial charge in [-0.05, 0) is 48.9 Å². The molecular weight excluding hydrogens is 438 g/mol. The van der Waals surface area contributed by atoms with Crippen molar-refractivity contribution in [2.75, 3.05) is 23.7 Å². The van der Waals surface area contributed by atoms with Crippen LogP contribution in [0.15, 0.2) is 57.8 Å². The van der Waals surface area contributed by atoms with Crippen molar-refractivity contribution in [3.05, 3.63) is 59.7 Å². The number of hydrogen-bond donors (Lipinski definition) is 1. The van der Waals surface area contributed by atoms with Gasteiger partial charge < -0.3 is 15.0 Å². The van der Waals surface area contributed by atoms with Gasteiger partial charge in [-0.25, -0.2) is 13.2 Å². The van der Waals surface area contributed by atoms with Gasteiger partial charge in [-0.2, -0.15) is 0 Å². The summed E-state index contributed by atoms with van der Waals surface area (Å²) in [4.78, 5) is 27.3. The van der Waals surface area contributed by atoms with Crippen LogP contribution in [0, 0.1) is 0 Å². The molecule has 0 saturated carbocycles. The van der Waals surface area contributed by atoms with Crippen LogP contribution in [0.25, 0.3) is 0 Å². The van der Waals surface area contributed by atoms with E-state index in [9.17, 15) is 18.0 Å². The molecule has 1 atom stereocenters. The number of nitrogens with zero attached hydrogens (tertiary/aromatic N) is 2. The second-order valence-corrected chi connectivity index (χ2v) is 9.93. The van der Waals surface area contributed by atoms with Gasteiger partial charge in [0.25, 0.3) is 15.9 Å². The monoisotopic (exact) mass is 459 g/mol. The number of hydrogen-bond acceptors (Lipinski definition) is 7. The average Bonchev–Trinajstić information content (AvgIpc) is 3.09. The van der Waals surface area contributed by atoms with Gasteiger partial charge in [-0.3, -0.25) is 4.79 Å². The second kappa shape index (κ2) is 8.72. The minimum Gasteiger partial charge on any atom is -0.449 e. The number of amides is 1. The number of esters is 1. The van der Waals surface area contributed by atoms with Crippen LogP contribution in [0.4, 0.5) is 5.69 Å². The molecule has 1 unspecified atom stereocenters. The van der Waals surface area contributed by atoms with Crippen molar-refractivity contribution in [2.24, 2.45) is 4.40 Å². The van der Waals surface area contributed by atoms with Gasteiger partial charge in [0.05, 0.1) is 17.0 Å². The molecule has 0 radical (unpaired) electrons. The van der Waals surface area contributed by atoms with Crippen LogP contribution in [0.2, 0.25) is 0 Å². The summed E-state index contributed by atoms with van der Waals surface area (Å²) in [5.41, 5.74) is 2.21. The lowest BCUT2D eigenvalue weighted by Crippen LogP contribution is -2.37. The van der Waals surface area contributed by atoms with Gasteiger partial charge in [-0.1, -0.05) is 30.3 Å². The van der Waals surface area contributed by atoms with E-state index in [0.717, 1.165) is 16.1 Å². The lowest BCUT2D eigenvalue weighted by atomic mass is 10.1. The van der Waals surface area contributed by atoms with Crippen LogP contribution in [0.1, 0.15) is 22.8 Å². The van der Waals surface area contributed by atoms with Gasteiger partial charge in [0.1, 0.15) is 0 Å². The molecule has 2 aromatic carbocycles. The minimum absolute atomic E-state index is 0.0445. The summed E-state index contributed by atoms with van der Waals surface area (Å²) >= 11 is 1.20. The average molecular weight is 460 g/mol. The Morgan fingerprint density at radius 1 is 1.23 bits per heavy atom. The highest BCUT2D eigenvalue weighted by atomic mass is 32.2. The molecule has 2 heterocycles. The van der Waals surface area contributed by atoms with E-state index in [4.69, 9.17) is 4.74 Å². The summed E-state index contributed by atoms with van der Waals surface area (Å²) < 4.78 is 32.5. The van der Waals surface area contributed by atoms with Crippen LogP contribution < -0.4 is 10.2 Å². The second-order valence-electron chi connectivity index (χ2n) is 7.17. The number of amidine groups is 1. The first-order chi connectivity index (χ1) is 14.8. The third-order valence-corrected chi connectivity index (χ3v) is 7.22. The Balaban J connectivity index is 1.35. The quantitative estimate of drug-likeness (QED) is 0.660. The van der Waals surface area contributed by atoms with E-state index >= 15 is 0 Å². The molecule has 0 fully saturated rings. The molecule has 4 rings (SSSR count). The maximum atomic E-state index is 12.5. The van der Waals surface area contributed by atoms with Gasteiger partial charge in [-0.15, -0.1) is 4.40 Å². The van der Waals surface area contributed by atoms with Crippen molar-refractivity contribution in [1.82, 2.24) is 5.32 Å². The highest BCUT2D eigenvalue weighted by Crippen LogP contribution is 2.42. The first-order valence-corrected chi connectivity index (χ1v) is 12.2. The molecule has 2 aliphatic heterocycles. The molecule has 0 aromatic heterocycles. The van der Waals surface area contributed by atoms with Crippen molar-refractivity contribution >= 4 is 44.5 Å². The first kappa shape index (κ1) is 21.4. The normalized spacial score (nSPS) is 17.2. The summed E-state index contributed by atoms with van der Waals surface area (Å²) in [6, 6.07) is 14.8. The first-order valence-electron chi connectivity index (χ1n) is 9.77. The zero-order valence-electron chi connectivity index (χ0n) is 16.8. The Morgan fingerprint density at radius 2 is 2.00 bits per heavy atom. The third-order valence-electron chi connectivity index (χ3n) is 4.92. The maximum Gasteiger partial charge on any atom is 0.338 e. The zero-order chi connectivity index (χ0) is 22.0. The van der Waals surface area contributed by atoms with Crippen LogP contribution in [-0.2, 0) is 26.0 Å². The van der Waals surface area contributed by atoms with Crippen molar-refractivity contribution in [1.29, 1.82) is 0 Å². The number of thioether (sulfide) groups is 1. The van der Waals surface area contributed by atoms with E-state index in [2.05, 4.69) is 9.71 Å². The molecule has 162 valence electrons. The van der Waals surface area contributed by atoms with Crippen LogP contribution in [-0.4, -0.2) is 50.4 Å². The number of nitrogens with one attached hydrogen (secondary N) is 1. The Bertz CT molecular complexity index is 1150. The number of anilines is 1. The molecule has 31 heavy (non-hydrogen) atoms. The van der Waals surface area contributed by atoms with Crippen LogP contribution in [0.3, 0.4) is 0 Å². The van der Waals surface area contributed by atoms with E-state index < -0.39 is 22.1 Å². The number of benzene rings is 2. The molecule has 2 aromatic rings. The fourth-order valence-corrected chi connectivity index (χ4v) is 5.55. The molecule has 1 amide bonds. The maximum absolute atomic E-state index is 12.5. The van der Waals surface area contributed by atoms with Crippen molar-refractivity contribution < 1.29 is 22.7 Å². The topological polar surface area (TPSA) is 105 Å². The van der Waals surface area contributed by atoms with E-state index in [-0.39, 0.29) is 11.7 Å². The number of carbonyl (C=O) groups is 2. The van der Waals surface area contributed by atoms with E-state index in [1.165, 1.54) is 18.7 Å². The Labute approximate surface area is 184 Å². The highest BCUT2D eigenvalue weighted by Gasteiger charge is 2.33. The van der Waals surface area contributed by atoms with E-state index in [1.807, 2.05) is 35.2 Å². The molecular formula is C21H21N3O5S2. The lowest BCUT2D eigenvalue weighted by molar-refractivity contribution is -0.129. The number of rotatable bonds is 6. The van der Waals surface area contributed by atoms with Crippen molar-refractivity contribution in [3.8, 4) is 0 Å². The fraction of sp³-hybridized carbons (Fsp3) is 0.286. The number of ether oxygens (including phenoxy) is 1. The van der Waals surface area contributed by atoms with E-state index in [1.54, 1.807) is 18.2 Å².